The number of ether oxygens (including phenoxy) is 2. The molecule has 0 aliphatic carbocycles. The van der Waals surface area contributed by atoms with Gasteiger partial charge >= 0.3 is 11.9 Å². The zero-order chi connectivity index (χ0) is 22.2. The highest BCUT2D eigenvalue weighted by atomic mass is 16.7. The minimum atomic E-state index is -0.833. The van der Waals surface area contributed by atoms with Crippen LogP contribution in [0.5, 0.6) is 0 Å². The highest BCUT2D eigenvalue weighted by molar-refractivity contribution is 6.06. The summed E-state index contributed by atoms with van der Waals surface area (Å²) in [6.07, 6.45) is -0.439. The summed E-state index contributed by atoms with van der Waals surface area (Å²) in [5.41, 5.74) is 1.43. The molecule has 30 heavy (non-hydrogen) atoms. The third-order valence-electron chi connectivity index (χ3n) is 5.40. The molecule has 0 unspecified atom stereocenters. The Morgan fingerprint density at radius 1 is 1.20 bits per heavy atom. The van der Waals surface area contributed by atoms with Crippen LogP contribution in [0.2, 0.25) is 0 Å². The molecule has 1 fully saturated rings. The normalized spacial score (nSPS) is 21.8. The molecule has 8 heteroatoms. The Kier molecular flexibility index (Phi) is 6.01. The van der Waals surface area contributed by atoms with Crippen molar-refractivity contribution in [3.8, 4) is 0 Å². The number of nitrogens with zero attached hydrogens (tertiary/aromatic N) is 1. The molecular weight excluding hydrogens is 390 g/mol. The fourth-order valence-electron chi connectivity index (χ4n) is 3.75. The number of esters is 2. The van der Waals surface area contributed by atoms with Gasteiger partial charge in [0.1, 0.15) is 5.70 Å². The zero-order valence-corrected chi connectivity index (χ0v) is 17.5. The predicted molar refractivity (Wildman–Crippen MR) is 106 cm³/mol. The van der Waals surface area contributed by atoms with Crippen molar-refractivity contribution in [2.24, 2.45) is 11.3 Å². The average Bonchev–Trinajstić information content (AvgIpc) is 3.01. The Bertz CT molecular complexity index is 880. The van der Waals surface area contributed by atoms with Crippen LogP contribution in [-0.4, -0.2) is 51.9 Å². The molecule has 2 aliphatic heterocycles. The Hall–Kier alpha value is -2.71. The summed E-state index contributed by atoms with van der Waals surface area (Å²) >= 11 is 0. The van der Waals surface area contributed by atoms with Gasteiger partial charge in [0.2, 0.25) is 12.7 Å². The van der Waals surface area contributed by atoms with Gasteiger partial charge in [-0.25, -0.2) is 4.79 Å². The quantitative estimate of drug-likeness (QED) is 0.410. The van der Waals surface area contributed by atoms with Gasteiger partial charge in [0.15, 0.2) is 0 Å². The first-order valence-corrected chi connectivity index (χ1v) is 9.85. The van der Waals surface area contributed by atoms with E-state index in [1.807, 2.05) is 0 Å². The maximum absolute atomic E-state index is 12.8. The van der Waals surface area contributed by atoms with Gasteiger partial charge in [-0.3, -0.25) is 9.59 Å². The van der Waals surface area contributed by atoms with Gasteiger partial charge in [-0.1, -0.05) is 24.3 Å². The highest BCUT2D eigenvalue weighted by Crippen LogP contribution is 2.47. The lowest BCUT2D eigenvalue weighted by atomic mass is 9.82. The Morgan fingerprint density at radius 3 is 2.37 bits per heavy atom. The monoisotopic (exact) mass is 417 g/mol. The summed E-state index contributed by atoms with van der Waals surface area (Å²) in [7, 11) is 0. The summed E-state index contributed by atoms with van der Waals surface area (Å²) < 4.78 is 10.1. The molecule has 1 saturated heterocycles. The minimum Gasteiger partial charge on any atom is -0.427 e. The number of aliphatic hydroxyl groups is 2. The molecule has 0 radical (unpaired) electrons. The third kappa shape index (κ3) is 3.97. The number of hydrogen-bond donors (Lipinski definition) is 2. The molecule has 1 aromatic rings. The number of aliphatic hydroxyl groups excluding tert-OH is 2. The summed E-state index contributed by atoms with van der Waals surface area (Å²) in [4.78, 5) is 38.7. The Balaban J connectivity index is 1.84. The molecule has 3 atom stereocenters. The van der Waals surface area contributed by atoms with Gasteiger partial charge in [0, 0.05) is 0 Å². The van der Waals surface area contributed by atoms with E-state index in [2.05, 4.69) is 0 Å². The summed E-state index contributed by atoms with van der Waals surface area (Å²) in [6.45, 7) is 5.95. The van der Waals surface area contributed by atoms with E-state index in [0.29, 0.717) is 12.0 Å². The second-order valence-electron chi connectivity index (χ2n) is 8.66. The van der Waals surface area contributed by atoms with Crippen LogP contribution in [0.15, 0.2) is 30.0 Å². The maximum Gasteiger partial charge on any atom is 0.358 e. The standard InChI is InChI=1S/C22H27NO7/c1-12(25)17-16-9-15(14-7-5-13(10-24)6-8-14)18(23(16)19(17)26)20(27)29-11-30-21(28)22(2,3)4/h5-8,12,16-17,24-25H,9-11H2,1-4H3/t12-,16-,17-/m1/s1. The van der Waals surface area contributed by atoms with Crippen LogP contribution in [-0.2, 0) is 30.5 Å². The number of amides is 1. The molecule has 0 aromatic heterocycles. The first kappa shape index (κ1) is 22.0. The van der Waals surface area contributed by atoms with E-state index < -0.39 is 36.2 Å². The first-order valence-electron chi connectivity index (χ1n) is 9.85. The number of hydrogen-bond acceptors (Lipinski definition) is 7. The van der Waals surface area contributed by atoms with Gasteiger partial charge in [-0.2, -0.15) is 0 Å². The lowest BCUT2D eigenvalue weighted by Crippen LogP contribution is -2.61. The van der Waals surface area contributed by atoms with Crippen LogP contribution >= 0.6 is 0 Å². The molecular formula is C22H27NO7. The number of fused-ring (bicyclic) bond motifs is 1. The number of carbonyl (C=O) groups excluding carboxylic acids is 3. The van der Waals surface area contributed by atoms with Crippen molar-refractivity contribution in [1.82, 2.24) is 4.90 Å². The van der Waals surface area contributed by atoms with E-state index >= 15 is 0 Å². The Labute approximate surface area is 175 Å². The summed E-state index contributed by atoms with van der Waals surface area (Å²) in [5.74, 6) is -2.20. The van der Waals surface area contributed by atoms with Crippen LogP contribution in [0.1, 0.15) is 45.2 Å². The second-order valence-corrected chi connectivity index (χ2v) is 8.66. The number of benzene rings is 1. The summed E-state index contributed by atoms with van der Waals surface area (Å²) in [5, 5.41) is 19.2. The van der Waals surface area contributed by atoms with Crippen LogP contribution in [0.25, 0.3) is 5.57 Å². The van der Waals surface area contributed by atoms with E-state index in [9.17, 15) is 24.6 Å². The van der Waals surface area contributed by atoms with Crippen molar-refractivity contribution >= 4 is 23.4 Å². The molecule has 2 aliphatic rings. The molecule has 0 saturated carbocycles. The van der Waals surface area contributed by atoms with Crippen LogP contribution in [0.4, 0.5) is 0 Å². The van der Waals surface area contributed by atoms with E-state index in [0.717, 1.165) is 11.1 Å². The fourth-order valence-corrected chi connectivity index (χ4v) is 3.75. The average molecular weight is 417 g/mol. The van der Waals surface area contributed by atoms with Gasteiger partial charge in [0.25, 0.3) is 0 Å². The summed E-state index contributed by atoms with van der Waals surface area (Å²) in [6, 6.07) is 6.67. The zero-order valence-electron chi connectivity index (χ0n) is 17.5. The first-order chi connectivity index (χ1) is 14.1. The van der Waals surface area contributed by atoms with Crippen LogP contribution in [0, 0.1) is 11.3 Å². The van der Waals surface area contributed by atoms with E-state index in [1.54, 1.807) is 52.0 Å². The molecule has 1 amide bonds. The number of β-lactam (4-membered cyclic amide) rings is 1. The lowest BCUT2D eigenvalue weighted by Gasteiger charge is -2.44. The minimum absolute atomic E-state index is 0.102. The molecule has 0 bridgehead atoms. The third-order valence-corrected chi connectivity index (χ3v) is 5.40. The van der Waals surface area contributed by atoms with E-state index in [1.165, 1.54) is 4.90 Å². The predicted octanol–water partition coefficient (Wildman–Crippen LogP) is 1.59. The lowest BCUT2D eigenvalue weighted by molar-refractivity contribution is -0.175. The SMILES string of the molecule is C[C@@H](O)[C@H]1C(=O)N2C(C(=O)OCOC(=O)C(C)(C)C)=C(c3ccc(CO)cc3)C[C@H]12. The van der Waals surface area contributed by atoms with Crippen molar-refractivity contribution < 1.29 is 34.1 Å². The topological polar surface area (TPSA) is 113 Å². The molecule has 2 N–H and O–H groups in total. The molecule has 8 nitrogen and oxygen atoms in total. The largest absolute Gasteiger partial charge is 0.427 e. The van der Waals surface area contributed by atoms with Crippen LogP contribution < -0.4 is 0 Å². The molecule has 0 spiro atoms. The molecule has 162 valence electrons. The van der Waals surface area contributed by atoms with E-state index in [4.69, 9.17) is 9.47 Å². The number of carbonyl (C=O) groups is 3. The van der Waals surface area contributed by atoms with Gasteiger partial charge in [-0.15, -0.1) is 0 Å². The molecule has 3 rings (SSSR count). The van der Waals surface area contributed by atoms with Crippen molar-refractivity contribution in [2.75, 3.05) is 6.79 Å². The smallest absolute Gasteiger partial charge is 0.358 e. The van der Waals surface area contributed by atoms with Crippen molar-refractivity contribution in [1.29, 1.82) is 0 Å². The highest BCUT2D eigenvalue weighted by Gasteiger charge is 2.57. The maximum atomic E-state index is 12.8. The molecule has 1 aromatic carbocycles. The van der Waals surface area contributed by atoms with Crippen molar-refractivity contribution in [2.45, 2.75) is 52.9 Å². The van der Waals surface area contributed by atoms with E-state index in [-0.39, 0.29) is 24.3 Å². The van der Waals surface area contributed by atoms with Gasteiger partial charge in [-0.05, 0) is 50.8 Å². The van der Waals surface area contributed by atoms with Gasteiger partial charge in [0.05, 0.1) is 30.1 Å². The second kappa shape index (κ2) is 8.20. The Morgan fingerprint density at radius 2 is 1.83 bits per heavy atom. The van der Waals surface area contributed by atoms with Crippen molar-refractivity contribution in [3.63, 3.8) is 0 Å². The van der Waals surface area contributed by atoms with Crippen LogP contribution in [0.3, 0.4) is 0 Å². The molecule has 2 heterocycles. The van der Waals surface area contributed by atoms with Gasteiger partial charge < -0.3 is 24.6 Å². The number of rotatable bonds is 6. The fraction of sp³-hybridized carbons (Fsp3) is 0.500. The van der Waals surface area contributed by atoms with Crippen molar-refractivity contribution in [3.05, 3.63) is 41.1 Å².